The zero-order valence-electron chi connectivity index (χ0n) is 15.3. The second-order valence-corrected chi connectivity index (χ2v) is 7.47. The summed E-state index contributed by atoms with van der Waals surface area (Å²) < 4.78 is 5.38. The van der Waals surface area contributed by atoms with Gasteiger partial charge in [-0.25, -0.2) is 4.98 Å². The van der Waals surface area contributed by atoms with Crippen LogP contribution in [0.4, 0.5) is 0 Å². The molecule has 0 saturated heterocycles. The standard InChI is InChI=1S/C21H18N4O2S/c1-13-18(19(22)26)28-21(23-13)20-24-17(27-25-20)12-16-9-5-8-15(11-16)10-14-6-3-2-4-7-14/h2-9,11H,10,12H2,1H3,(H2,22,26). The van der Waals surface area contributed by atoms with Gasteiger partial charge in [-0.2, -0.15) is 4.98 Å². The topological polar surface area (TPSA) is 94.9 Å². The molecular weight excluding hydrogens is 372 g/mol. The molecule has 0 fully saturated rings. The van der Waals surface area contributed by atoms with E-state index in [1.54, 1.807) is 6.92 Å². The number of carbonyl (C=O) groups is 1. The highest BCUT2D eigenvalue weighted by atomic mass is 32.1. The Labute approximate surface area is 166 Å². The minimum atomic E-state index is -0.500. The van der Waals surface area contributed by atoms with Gasteiger partial charge in [0.1, 0.15) is 4.88 Å². The molecule has 28 heavy (non-hydrogen) atoms. The van der Waals surface area contributed by atoms with Crippen LogP contribution in [0.5, 0.6) is 0 Å². The molecule has 2 aromatic heterocycles. The minimum Gasteiger partial charge on any atom is -0.365 e. The Balaban J connectivity index is 1.50. The van der Waals surface area contributed by atoms with Crippen LogP contribution >= 0.6 is 11.3 Å². The molecule has 0 unspecified atom stereocenters. The molecule has 7 heteroatoms. The smallest absolute Gasteiger partial charge is 0.260 e. The quantitative estimate of drug-likeness (QED) is 0.540. The van der Waals surface area contributed by atoms with Crippen molar-refractivity contribution in [1.82, 2.24) is 15.1 Å². The van der Waals surface area contributed by atoms with Gasteiger partial charge in [-0.3, -0.25) is 4.79 Å². The summed E-state index contributed by atoms with van der Waals surface area (Å²) in [6.07, 6.45) is 1.40. The van der Waals surface area contributed by atoms with Crippen LogP contribution in [0.2, 0.25) is 0 Å². The van der Waals surface area contributed by atoms with Gasteiger partial charge in [-0.15, -0.1) is 11.3 Å². The normalized spacial score (nSPS) is 10.9. The second kappa shape index (κ2) is 7.74. The fourth-order valence-corrected chi connectivity index (χ4v) is 3.83. The molecule has 0 aliphatic rings. The van der Waals surface area contributed by atoms with Crippen LogP contribution in [0.15, 0.2) is 59.1 Å². The lowest BCUT2D eigenvalue weighted by Crippen LogP contribution is -2.09. The minimum absolute atomic E-state index is 0.371. The number of carbonyl (C=O) groups excluding carboxylic acids is 1. The van der Waals surface area contributed by atoms with E-state index in [1.165, 1.54) is 22.5 Å². The largest absolute Gasteiger partial charge is 0.365 e. The fraction of sp³-hybridized carbons (Fsp3) is 0.143. The summed E-state index contributed by atoms with van der Waals surface area (Å²) in [5.41, 5.74) is 9.52. The number of hydrogen-bond donors (Lipinski definition) is 1. The molecule has 4 aromatic rings. The zero-order chi connectivity index (χ0) is 19.5. The SMILES string of the molecule is Cc1nc(-c2noc(Cc3cccc(Cc4ccccc4)c3)n2)sc1C(N)=O. The predicted molar refractivity (Wildman–Crippen MR) is 107 cm³/mol. The van der Waals surface area contributed by atoms with Crippen molar-refractivity contribution in [2.75, 3.05) is 0 Å². The van der Waals surface area contributed by atoms with E-state index in [2.05, 4.69) is 39.4 Å². The third-order valence-corrected chi connectivity index (χ3v) is 5.45. The van der Waals surface area contributed by atoms with E-state index < -0.39 is 5.91 Å². The first-order chi connectivity index (χ1) is 13.6. The molecule has 6 nitrogen and oxygen atoms in total. The maximum absolute atomic E-state index is 11.4. The molecule has 0 atom stereocenters. The number of nitrogens with zero attached hydrogens (tertiary/aromatic N) is 3. The van der Waals surface area contributed by atoms with Gasteiger partial charge in [0.2, 0.25) is 11.7 Å². The van der Waals surface area contributed by atoms with Crippen molar-refractivity contribution in [1.29, 1.82) is 0 Å². The molecule has 0 spiro atoms. The van der Waals surface area contributed by atoms with Gasteiger partial charge in [0.05, 0.1) is 12.1 Å². The molecule has 140 valence electrons. The lowest BCUT2D eigenvalue weighted by Gasteiger charge is -2.04. The van der Waals surface area contributed by atoms with E-state index >= 15 is 0 Å². The van der Waals surface area contributed by atoms with Gasteiger partial charge >= 0.3 is 0 Å². The van der Waals surface area contributed by atoms with E-state index in [1.807, 2.05) is 30.3 Å². The van der Waals surface area contributed by atoms with Crippen LogP contribution in [0.25, 0.3) is 10.8 Å². The number of hydrogen-bond acceptors (Lipinski definition) is 6. The van der Waals surface area contributed by atoms with Gasteiger partial charge in [-0.1, -0.05) is 59.8 Å². The summed E-state index contributed by atoms with van der Waals surface area (Å²) in [5.74, 6) is 0.372. The molecule has 0 bridgehead atoms. The molecule has 0 radical (unpaired) electrons. The molecule has 2 aromatic carbocycles. The van der Waals surface area contributed by atoms with Crippen molar-refractivity contribution in [2.24, 2.45) is 5.73 Å². The molecule has 0 aliphatic heterocycles. The second-order valence-electron chi connectivity index (χ2n) is 6.47. The highest BCUT2D eigenvalue weighted by molar-refractivity contribution is 7.17. The van der Waals surface area contributed by atoms with E-state index in [-0.39, 0.29) is 0 Å². The van der Waals surface area contributed by atoms with E-state index in [0.29, 0.717) is 33.7 Å². The van der Waals surface area contributed by atoms with Crippen molar-refractivity contribution < 1.29 is 9.32 Å². The highest BCUT2D eigenvalue weighted by Gasteiger charge is 2.18. The van der Waals surface area contributed by atoms with E-state index in [4.69, 9.17) is 10.3 Å². The number of aryl methyl sites for hydroxylation is 1. The van der Waals surface area contributed by atoms with Crippen molar-refractivity contribution in [2.45, 2.75) is 19.8 Å². The number of thiazole rings is 1. The van der Waals surface area contributed by atoms with Crippen molar-refractivity contribution in [3.63, 3.8) is 0 Å². The summed E-state index contributed by atoms with van der Waals surface area (Å²) in [6, 6.07) is 18.7. The average molecular weight is 390 g/mol. The number of benzene rings is 2. The van der Waals surface area contributed by atoms with Crippen LogP contribution in [-0.2, 0) is 12.8 Å². The summed E-state index contributed by atoms with van der Waals surface area (Å²) in [5, 5.41) is 4.52. The fourth-order valence-electron chi connectivity index (χ4n) is 2.99. The molecule has 4 rings (SSSR count). The van der Waals surface area contributed by atoms with Gasteiger partial charge in [0.25, 0.3) is 5.91 Å². The monoisotopic (exact) mass is 390 g/mol. The van der Waals surface area contributed by atoms with Crippen LogP contribution in [-0.4, -0.2) is 21.0 Å². The maximum atomic E-state index is 11.4. The third kappa shape index (κ3) is 3.99. The number of rotatable bonds is 6. The van der Waals surface area contributed by atoms with Crippen molar-refractivity contribution in [3.05, 3.63) is 87.7 Å². The zero-order valence-corrected chi connectivity index (χ0v) is 16.1. The highest BCUT2D eigenvalue weighted by Crippen LogP contribution is 2.26. The van der Waals surface area contributed by atoms with Gasteiger partial charge in [0, 0.05) is 0 Å². The number of nitrogens with two attached hydrogens (primary N) is 1. The van der Waals surface area contributed by atoms with Crippen LogP contribution in [0.1, 0.15) is 37.9 Å². The molecular formula is C21H18N4O2S. The van der Waals surface area contributed by atoms with Gasteiger partial charge < -0.3 is 10.3 Å². The third-order valence-electron chi connectivity index (χ3n) is 4.28. The van der Waals surface area contributed by atoms with Crippen LogP contribution in [0, 0.1) is 6.92 Å². The Morgan fingerprint density at radius 2 is 1.71 bits per heavy atom. The molecule has 2 N–H and O–H groups in total. The summed E-state index contributed by atoms with van der Waals surface area (Å²) in [6.45, 7) is 1.74. The molecule has 0 saturated carbocycles. The predicted octanol–water partition coefficient (Wildman–Crippen LogP) is 3.78. The first-order valence-electron chi connectivity index (χ1n) is 8.80. The van der Waals surface area contributed by atoms with Gasteiger partial charge in [-0.05, 0) is 30.0 Å². The number of primary amides is 1. The van der Waals surface area contributed by atoms with Gasteiger partial charge in [0.15, 0.2) is 5.01 Å². The molecule has 0 aliphatic carbocycles. The lowest BCUT2D eigenvalue weighted by atomic mass is 10.0. The maximum Gasteiger partial charge on any atom is 0.260 e. The van der Waals surface area contributed by atoms with E-state index in [0.717, 1.165) is 12.0 Å². The molecule has 1 amide bonds. The number of amides is 1. The average Bonchev–Trinajstić information content (AvgIpc) is 3.29. The Morgan fingerprint density at radius 1 is 1.00 bits per heavy atom. The number of aromatic nitrogens is 3. The van der Waals surface area contributed by atoms with Crippen LogP contribution in [0.3, 0.4) is 0 Å². The van der Waals surface area contributed by atoms with Crippen molar-refractivity contribution >= 4 is 17.2 Å². The Bertz CT molecular complexity index is 1120. The summed E-state index contributed by atoms with van der Waals surface area (Å²) >= 11 is 1.17. The Kier molecular flexibility index (Phi) is 4.99. The van der Waals surface area contributed by atoms with Crippen LogP contribution < -0.4 is 5.73 Å². The lowest BCUT2D eigenvalue weighted by molar-refractivity contribution is 0.100. The Hall–Kier alpha value is -3.32. The Morgan fingerprint density at radius 3 is 2.43 bits per heavy atom. The molecule has 2 heterocycles. The summed E-state index contributed by atoms with van der Waals surface area (Å²) in [4.78, 5) is 20.6. The first-order valence-corrected chi connectivity index (χ1v) is 9.62. The summed E-state index contributed by atoms with van der Waals surface area (Å²) in [7, 11) is 0. The van der Waals surface area contributed by atoms with E-state index in [9.17, 15) is 4.79 Å². The van der Waals surface area contributed by atoms with Crippen molar-refractivity contribution in [3.8, 4) is 10.8 Å². The first kappa shape index (κ1) is 18.1.